The molecular weight excluding hydrogens is 468 g/mol. The van der Waals surface area contributed by atoms with E-state index in [0.717, 1.165) is 11.1 Å². The third-order valence-electron chi connectivity index (χ3n) is 5.43. The quantitative estimate of drug-likeness (QED) is 0.319. The van der Waals surface area contributed by atoms with Gasteiger partial charge >= 0.3 is 0 Å². The fourth-order valence-corrected chi connectivity index (χ4v) is 4.39. The number of carbonyl (C=O) groups excluding carboxylic acids is 1. The van der Waals surface area contributed by atoms with E-state index < -0.39 is 15.9 Å². The fraction of sp³-hybridized carbons (Fsp3) is 0.167. The molecule has 10 nitrogen and oxygen atoms in total. The van der Waals surface area contributed by atoms with Crippen LogP contribution in [0, 0.1) is 27.7 Å². The standard InChI is InChI=1S/C24H24N6O4S/c1-13-5-10-19(22(31)16(13)4)20-12-21(29-28-20)23(32)27-17-6-8-18(9-7-17)35(33,34)30-24-25-14(2)11-15(3)26-24/h5-12,31H,1-4H3,(H,27,32)(H,28,29)(H,25,26,30). The highest BCUT2D eigenvalue weighted by molar-refractivity contribution is 7.92. The smallest absolute Gasteiger partial charge is 0.273 e. The fourth-order valence-electron chi connectivity index (χ4n) is 3.45. The summed E-state index contributed by atoms with van der Waals surface area (Å²) in [6, 6.07) is 12.6. The number of aromatic hydroxyl groups is 1. The molecule has 35 heavy (non-hydrogen) atoms. The van der Waals surface area contributed by atoms with Crippen LogP contribution in [0.5, 0.6) is 5.75 Å². The first-order chi connectivity index (χ1) is 16.5. The van der Waals surface area contributed by atoms with Gasteiger partial charge in [0.25, 0.3) is 15.9 Å². The molecule has 180 valence electrons. The van der Waals surface area contributed by atoms with Crippen LogP contribution in [0.2, 0.25) is 0 Å². The van der Waals surface area contributed by atoms with Crippen molar-refractivity contribution in [2.24, 2.45) is 0 Å². The second-order valence-electron chi connectivity index (χ2n) is 8.13. The van der Waals surface area contributed by atoms with E-state index in [9.17, 15) is 18.3 Å². The number of aromatic amines is 1. The molecule has 1 amide bonds. The Labute approximate surface area is 202 Å². The number of hydrogen-bond acceptors (Lipinski definition) is 7. The Kier molecular flexibility index (Phi) is 6.27. The number of nitrogens with zero attached hydrogens (tertiary/aromatic N) is 3. The van der Waals surface area contributed by atoms with Crippen LogP contribution in [-0.4, -0.2) is 39.6 Å². The minimum absolute atomic E-state index is 0.00713. The number of phenolic OH excluding ortho intramolecular Hbond substituents is 1. The summed E-state index contributed by atoms with van der Waals surface area (Å²) in [5, 5.41) is 19.9. The normalized spacial score (nSPS) is 11.3. The molecule has 4 rings (SSSR count). The van der Waals surface area contributed by atoms with Gasteiger partial charge in [-0.1, -0.05) is 6.07 Å². The van der Waals surface area contributed by atoms with Crippen LogP contribution in [0.25, 0.3) is 11.3 Å². The minimum atomic E-state index is -3.91. The Morgan fingerprint density at radius 2 is 1.60 bits per heavy atom. The lowest BCUT2D eigenvalue weighted by Crippen LogP contribution is -2.16. The first-order valence-corrected chi connectivity index (χ1v) is 12.1. The topological polar surface area (TPSA) is 150 Å². The number of H-pyrrole nitrogens is 1. The molecule has 11 heteroatoms. The second-order valence-corrected chi connectivity index (χ2v) is 9.81. The molecule has 0 atom stereocenters. The lowest BCUT2D eigenvalue weighted by molar-refractivity contribution is 0.102. The van der Waals surface area contributed by atoms with Crippen LogP contribution in [0.3, 0.4) is 0 Å². The molecule has 0 unspecified atom stereocenters. The van der Waals surface area contributed by atoms with Gasteiger partial charge in [0.15, 0.2) is 0 Å². The summed E-state index contributed by atoms with van der Waals surface area (Å²) >= 11 is 0. The van der Waals surface area contributed by atoms with Gasteiger partial charge in [-0.2, -0.15) is 5.10 Å². The average molecular weight is 493 g/mol. The van der Waals surface area contributed by atoms with Gasteiger partial charge in [0.2, 0.25) is 5.95 Å². The van der Waals surface area contributed by atoms with E-state index in [1.807, 2.05) is 19.9 Å². The Balaban J connectivity index is 1.47. The maximum atomic E-state index is 12.7. The molecule has 0 saturated carbocycles. The van der Waals surface area contributed by atoms with Crippen LogP contribution in [0.15, 0.2) is 53.4 Å². The molecule has 0 aliphatic rings. The van der Waals surface area contributed by atoms with Gasteiger partial charge < -0.3 is 10.4 Å². The van der Waals surface area contributed by atoms with E-state index in [-0.39, 0.29) is 22.3 Å². The van der Waals surface area contributed by atoms with Crippen molar-refractivity contribution in [3.05, 3.63) is 76.7 Å². The highest BCUT2D eigenvalue weighted by Crippen LogP contribution is 2.32. The van der Waals surface area contributed by atoms with Gasteiger partial charge in [-0.3, -0.25) is 9.89 Å². The van der Waals surface area contributed by atoms with E-state index >= 15 is 0 Å². The van der Waals surface area contributed by atoms with Gasteiger partial charge in [0, 0.05) is 22.6 Å². The van der Waals surface area contributed by atoms with Crippen molar-refractivity contribution in [3.63, 3.8) is 0 Å². The van der Waals surface area contributed by atoms with Crippen molar-refractivity contribution in [1.82, 2.24) is 20.2 Å². The number of aryl methyl sites for hydroxylation is 3. The lowest BCUT2D eigenvalue weighted by atomic mass is 10.0. The first kappa shape index (κ1) is 23.9. The molecule has 4 N–H and O–H groups in total. The van der Waals surface area contributed by atoms with Gasteiger partial charge in [0.1, 0.15) is 11.4 Å². The Morgan fingerprint density at radius 1 is 0.943 bits per heavy atom. The number of sulfonamides is 1. The summed E-state index contributed by atoms with van der Waals surface area (Å²) < 4.78 is 27.7. The summed E-state index contributed by atoms with van der Waals surface area (Å²) in [4.78, 5) is 20.8. The van der Waals surface area contributed by atoms with E-state index in [0.29, 0.717) is 28.3 Å². The van der Waals surface area contributed by atoms with Crippen LogP contribution in [0.1, 0.15) is 33.0 Å². The number of benzene rings is 2. The Morgan fingerprint density at radius 3 is 2.26 bits per heavy atom. The Hall–Kier alpha value is -4.25. The van der Waals surface area contributed by atoms with Crippen molar-refractivity contribution in [2.75, 3.05) is 10.0 Å². The van der Waals surface area contributed by atoms with Crippen LogP contribution < -0.4 is 10.0 Å². The van der Waals surface area contributed by atoms with Gasteiger partial charge in [-0.25, -0.2) is 23.1 Å². The van der Waals surface area contributed by atoms with E-state index in [1.54, 1.807) is 26.0 Å². The molecule has 0 spiro atoms. The summed E-state index contributed by atoms with van der Waals surface area (Å²) in [6.45, 7) is 7.20. The van der Waals surface area contributed by atoms with E-state index in [2.05, 4.69) is 30.2 Å². The molecule has 2 aromatic heterocycles. The zero-order valence-electron chi connectivity index (χ0n) is 19.5. The van der Waals surface area contributed by atoms with Crippen LogP contribution in [0.4, 0.5) is 11.6 Å². The predicted molar refractivity (Wildman–Crippen MR) is 132 cm³/mol. The second kappa shape index (κ2) is 9.18. The number of anilines is 2. The molecular formula is C24H24N6O4S. The highest BCUT2D eigenvalue weighted by Gasteiger charge is 2.18. The number of nitrogens with one attached hydrogen (secondary N) is 3. The maximum absolute atomic E-state index is 12.7. The summed E-state index contributed by atoms with van der Waals surface area (Å²) in [7, 11) is -3.91. The number of hydrogen-bond donors (Lipinski definition) is 4. The third kappa shape index (κ3) is 5.14. The van der Waals surface area contributed by atoms with Crippen LogP contribution >= 0.6 is 0 Å². The monoisotopic (exact) mass is 492 g/mol. The molecule has 4 aromatic rings. The number of phenols is 1. The Bertz CT molecular complexity index is 1510. The van der Waals surface area contributed by atoms with Crippen molar-refractivity contribution >= 4 is 27.6 Å². The molecule has 2 aromatic carbocycles. The van der Waals surface area contributed by atoms with Crippen LogP contribution in [-0.2, 0) is 10.0 Å². The SMILES string of the molecule is Cc1cc(C)nc(NS(=O)(=O)c2ccc(NC(=O)c3cc(-c4ccc(C)c(C)c4O)n[nH]3)cc2)n1. The molecule has 0 fully saturated rings. The number of aromatic nitrogens is 4. The summed E-state index contributed by atoms with van der Waals surface area (Å²) in [5.41, 5.74) is 4.48. The highest BCUT2D eigenvalue weighted by atomic mass is 32.2. The average Bonchev–Trinajstić information content (AvgIpc) is 3.27. The van der Waals surface area contributed by atoms with E-state index in [1.165, 1.54) is 30.3 Å². The summed E-state index contributed by atoms with van der Waals surface area (Å²) in [6.07, 6.45) is 0. The lowest BCUT2D eigenvalue weighted by Gasteiger charge is -2.09. The van der Waals surface area contributed by atoms with Crippen molar-refractivity contribution in [2.45, 2.75) is 32.6 Å². The number of carbonyl (C=O) groups is 1. The van der Waals surface area contributed by atoms with Gasteiger partial charge in [0.05, 0.1) is 10.6 Å². The molecule has 0 aliphatic heterocycles. The van der Waals surface area contributed by atoms with Crippen molar-refractivity contribution in [1.29, 1.82) is 0 Å². The zero-order chi connectivity index (χ0) is 25.3. The first-order valence-electron chi connectivity index (χ1n) is 10.6. The van der Waals surface area contributed by atoms with E-state index in [4.69, 9.17) is 0 Å². The number of rotatable bonds is 6. The third-order valence-corrected chi connectivity index (χ3v) is 6.77. The maximum Gasteiger partial charge on any atom is 0.273 e. The molecule has 0 saturated heterocycles. The van der Waals surface area contributed by atoms with Crippen molar-refractivity contribution < 1.29 is 18.3 Å². The molecule has 0 bridgehead atoms. The van der Waals surface area contributed by atoms with Crippen molar-refractivity contribution in [3.8, 4) is 17.0 Å². The van der Waals surface area contributed by atoms with Gasteiger partial charge in [-0.15, -0.1) is 0 Å². The largest absolute Gasteiger partial charge is 0.507 e. The number of amides is 1. The molecule has 0 radical (unpaired) electrons. The zero-order valence-corrected chi connectivity index (χ0v) is 20.4. The molecule has 0 aliphatic carbocycles. The predicted octanol–water partition coefficient (Wildman–Crippen LogP) is 3.86. The summed E-state index contributed by atoms with van der Waals surface area (Å²) in [5.74, 6) is -0.366. The van der Waals surface area contributed by atoms with Gasteiger partial charge in [-0.05, 0) is 81.3 Å². The molecule has 2 heterocycles. The minimum Gasteiger partial charge on any atom is -0.507 e.